The first-order valence-corrected chi connectivity index (χ1v) is 16.0. The van der Waals surface area contributed by atoms with Crippen molar-refractivity contribution in [3.63, 3.8) is 0 Å². The highest BCUT2D eigenvalue weighted by atomic mass is 32.2. The largest absolute Gasteiger partial charge is 0.355 e. The molecule has 0 spiro atoms. The monoisotopic (exact) mass is 581 g/mol. The molecule has 0 saturated heterocycles. The number of hydrogen-bond acceptors (Lipinski definition) is 6. The predicted molar refractivity (Wildman–Crippen MR) is 163 cm³/mol. The number of halogens is 1. The third-order valence-corrected chi connectivity index (χ3v) is 8.05. The van der Waals surface area contributed by atoms with E-state index in [1.807, 2.05) is 0 Å². The summed E-state index contributed by atoms with van der Waals surface area (Å²) in [5.41, 5.74) is 1.82. The van der Waals surface area contributed by atoms with Gasteiger partial charge in [0.25, 0.3) is 5.56 Å². The summed E-state index contributed by atoms with van der Waals surface area (Å²) in [5, 5.41) is 3.47. The molecular formula is C32H44FN5O2S. The van der Waals surface area contributed by atoms with Crippen LogP contribution in [0.4, 0.5) is 4.39 Å². The van der Waals surface area contributed by atoms with Gasteiger partial charge in [-0.25, -0.2) is 14.4 Å². The van der Waals surface area contributed by atoms with Crippen molar-refractivity contribution >= 4 is 17.7 Å². The molecule has 1 aromatic carbocycles. The van der Waals surface area contributed by atoms with E-state index in [2.05, 4.69) is 27.2 Å². The number of hydrogen-bond donors (Lipinski definition) is 1. The molecule has 0 bridgehead atoms. The maximum Gasteiger partial charge on any atom is 0.277 e. The molecule has 2 aromatic heterocycles. The number of carbonyl (C=O) groups excluding carboxylic acids is 1. The average molecular weight is 582 g/mol. The molecule has 0 atom stereocenters. The van der Waals surface area contributed by atoms with Crippen molar-refractivity contribution in [3.05, 3.63) is 82.0 Å². The van der Waals surface area contributed by atoms with Crippen LogP contribution in [0.5, 0.6) is 0 Å². The number of benzene rings is 1. The summed E-state index contributed by atoms with van der Waals surface area (Å²) in [5.74, 6) is 0.0861. The van der Waals surface area contributed by atoms with Gasteiger partial charge in [-0.05, 0) is 29.7 Å². The lowest BCUT2D eigenvalue weighted by Crippen LogP contribution is -2.30. The normalized spacial score (nSPS) is 11.1. The van der Waals surface area contributed by atoms with Crippen LogP contribution in [0.25, 0.3) is 0 Å². The van der Waals surface area contributed by atoms with Crippen molar-refractivity contribution < 1.29 is 9.18 Å². The van der Waals surface area contributed by atoms with E-state index in [1.54, 1.807) is 35.3 Å². The Labute approximate surface area is 247 Å². The second-order valence-corrected chi connectivity index (χ2v) is 11.5. The second-order valence-electron chi connectivity index (χ2n) is 10.6. The van der Waals surface area contributed by atoms with Crippen molar-refractivity contribution in [1.82, 2.24) is 24.8 Å². The summed E-state index contributed by atoms with van der Waals surface area (Å²) in [6, 6.07) is 6.22. The lowest BCUT2D eigenvalue weighted by atomic mass is 10.1. The number of aromatic nitrogens is 4. The molecule has 0 saturated carbocycles. The Bertz CT molecular complexity index is 1220. The molecule has 1 amide bonds. The topological polar surface area (TPSA) is 89.8 Å². The Hall–Kier alpha value is -3.07. The smallest absolute Gasteiger partial charge is 0.277 e. The van der Waals surface area contributed by atoms with Gasteiger partial charge in [-0.3, -0.25) is 9.59 Å². The van der Waals surface area contributed by atoms with Crippen molar-refractivity contribution in [3.8, 4) is 0 Å². The summed E-state index contributed by atoms with van der Waals surface area (Å²) in [6.07, 6.45) is 22.1. The van der Waals surface area contributed by atoms with Crippen LogP contribution in [-0.4, -0.2) is 32.0 Å². The highest BCUT2D eigenvalue weighted by molar-refractivity contribution is 7.98. The third kappa shape index (κ3) is 13.0. The minimum absolute atomic E-state index is 0.0651. The summed E-state index contributed by atoms with van der Waals surface area (Å²) >= 11 is 1.35. The molecule has 1 N–H and O–H groups in total. The number of amides is 1. The average Bonchev–Trinajstić information content (AvgIpc) is 2.97. The number of nitrogens with zero attached hydrogens (tertiary/aromatic N) is 4. The number of unbranched alkanes of at least 4 members (excludes halogenated alkanes) is 11. The molecule has 0 fully saturated rings. The van der Waals surface area contributed by atoms with Gasteiger partial charge in [-0.2, -0.15) is 4.98 Å². The zero-order chi connectivity index (χ0) is 29.1. The first-order valence-electron chi connectivity index (χ1n) is 15.0. The Kier molecular flexibility index (Phi) is 15.1. The number of nitrogens with one attached hydrogen (secondary N) is 1. The van der Waals surface area contributed by atoms with E-state index in [1.165, 1.54) is 94.4 Å². The van der Waals surface area contributed by atoms with Gasteiger partial charge in [0.15, 0.2) is 5.16 Å². The highest BCUT2D eigenvalue weighted by Crippen LogP contribution is 2.21. The van der Waals surface area contributed by atoms with Crippen LogP contribution in [0.3, 0.4) is 0 Å². The van der Waals surface area contributed by atoms with E-state index >= 15 is 0 Å². The lowest BCUT2D eigenvalue weighted by Gasteiger charge is -2.14. The van der Waals surface area contributed by atoms with Crippen LogP contribution in [0.2, 0.25) is 0 Å². The van der Waals surface area contributed by atoms with Crippen molar-refractivity contribution in [2.24, 2.45) is 0 Å². The summed E-state index contributed by atoms with van der Waals surface area (Å²) in [7, 11) is 0. The molecule has 2 heterocycles. The maximum atomic E-state index is 13.3. The Balaban J connectivity index is 1.47. The van der Waals surface area contributed by atoms with Gasteiger partial charge in [0.2, 0.25) is 5.91 Å². The van der Waals surface area contributed by atoms with Crippen molar-refractivity contribution in [2.75, 3.05) is 6.54 Å². The van der Waals surface area contributed by atoms with Crippen molar-refractivity contribution in [2.45, 2.75) is 108 Å². The molecule has 9 heteroatoms. The van der Waals surface area contributed by atoms with Crippen LogP contribution < -0.4 is 10.9 Å². The molecule has 0 aliphatic carbocycles. The SMILES string of the molecule is CCCCCCCCCCCCCCNC(=O)Cn1cc(Cc2cncnc2)c(=O)nc1SCc1ccc(F)cc1. The van der Waals surface area contributed by atoms with Crippen LogP contribution >= 0.6 is 11.8 Å². The van der Waals surface area contributed by atoms with E-state index in [-0.39, 0.29) is 23.8 Å². The van der Waals surface area contributed by atoms with E-state index in [0.717, 1.165) is 24.0 Å². The number of thioether (sulfide) groups is 1. The van der Waals surface area contributed by atoms with Gasteiger partial charge in [-0.1, -0.05) is 101 Å². The van der Waals surface area contributed by atoms with Gasteiger partial charge < -0.3 is 9.88 Å². The molecular weight excluding hydrogens is 537 g/mol. The number of rotatable bonds is 20. The Morgan fingerprint density at radius 1 is 0.878 bits per heavy atom. The lowest BCUT2D eigenvalue weighted by molar-refractivity contribution is -0.121. The molecule has 3 aromatic rings. The van der Waals surface area contributed by atoms with Crippen LogP contribution in [0.15, 0.2) is 59.1 Å². The fraction of sp³-hybridized carbons (Fsp3) is 0.531. The van der Waals surface area contributed by atoms with Crippen molar-refractivity contribution in [1.29, 1.82) is 0 Å². The first-order chi connectivity index (χ1) is 20.0. The highest BCUT2D eigenvalue weighted by Gasteiger charge is 2.13. The minimum Gasteiger partial charge on any atom is -0.355 e. The third-order valence-electron chi connectivity index (χ3n) is 6.99. The molecule has 0 radical (unpaired) electrons. The zero-order valence-electron chi connectivity index (χ0n) is 24.3. The van der Waals surface area contributed by atoms with Crippen LogP contribution in [-0.2, 0) is 23.5 Å². The molecule has 0 aliphatic heterocycles. The van der Waals surface area contributed by atoms with Gasteiger partial charge >= 0.3 is 0 Å². The van der Waals surface area contributed by atoms with Crippen LogP contribution in [0.1, 0.15) is 101 Å². The molecule has 222 valence electrons. The maximum absolute atomic E-state index is 13.3. The van der Waals surface area contributed by atoms with Gasteiger partial charge in [-0.15, -0.1) is 0 Å². The Morgan fingerprint density at radius 3 is 2.12 bits per heavy atom. The van der Waals surface area contributed by atoms with E-state index in [0.29, 0.717) is 29.4 Å². The van der Waals surface area contributed by atoms with Gasteiger partial charge in [0.05, 0.1) is 0 Å². The molecule has 0 aliphatic rings. The summed E-state index contributed by atoms with van der Waals surface area (Å²) < 4.78 is 15.0. The summed E-state index contributed by atoms with van der Waals surface area (Å²) in [6.45, 7) is 2.95. The fourth-order valence-corrected chi connectivity index (χ4v) is 5.56. The quantitative estimate of drug-likeness (QED) is 0.0890. The predicted octanol–water partition coefficient (Wildman–Crippen LogP) is 6.87. The molecule has 41 heavy (non-hydrogen) atoms. The standard InChI is InChI=1S/C32H44FN5O2S/c1-2-3-4-5-6-7-8-9-10-11-12-13-18-36-30(39)23-38-22-28(19-27-20-34-25-35-21-27)31(40)37-32(38)41-24-26-14-16-29(33)17-15-26/h14-17,20-22,25H,2-13,18-19,23-24H2,1H3,(H,36,39). The molecule has 3 rings (SSSR count). The van der Waals surface area contributed by atoms with Gasteiger partial charge in [0.1, 0.15) is 18.7 Å². The Morgan fingerprint density at radius 2 is 1.49 bits per heavy atom. The van der Waals surface area contributed by atoms with Crippen LogP contribution in [0, 0.1) is 5.82 Å². The van der Waals surface area contributed by atoms with E-state index < -0.39 is 0 Å². The van der Waals surface area contributed by atoms with E-state index in [4.69, 9.17) is 0 Å². The number of carbonyl (C=O) groups is 1. The fourth-order valence-electron chi connectivity index (χ4n) is 4.65. The molecule has 0 unspecified atom stereocenters. The van der Waals surface area contributed by atoms with E-state index in [9.17, 15) is 14.0 Å². The first kappa shape index (κ1) is 32.4. The minimum atomic E-state index is -0.344. The summed E-state index contributed by atoms with van der Waals surface area (Å²) in [4.78, 5) is 38.0. The molecule has 7 nitrogen and oxygen atoms in total. The second kappa shape index (κ2) is 19.1. The van der Waals surface area contributed by atoms with Gasteiger partial charge in [0, 0.05) is 42.9 Å². The zero-order valence-corrected chi connectivity index (χ0v) is 25.1.